The minimum absolute atomic E-state index is 0.209. The summed E-state index contributed by atoms with van der Waals surface area (Å²) in [7, 11) is 3.34. The second kappa shape index (κ2) is 8.08. The van der Waals surface area contributed by atoms with Crippen molar-refractivity contribution in [3.05, 3.63) is 53.6 Å². The number of ether oxygens (including phenoxy) is 3. The first-order valence-corrected chi connectivity index (χ1v) is 11.4. The Morgan fingerprint density at radius 3 is 2.61 bits per heavy atom. The number of fused-ring (bicyclic) bond motifs is 4. The second-order valence-corrected chi connectivity index (χ2v) is 8.77. The zero-order valence-electron chi connectivity index (χ0n) is 18.7. The van der Waals surface area contributed by atoms with Gasteiger partial charge < -0.3 is 19.1 Å². The van der Waals surface area contributed by atoms with Gasteiger partial charge in [-0.2, -0.15) is 5.10 Å². The molecular formula is C25H32N3O3+. The van der Waals surface area contributed by atoms with Crippen molar-refractivity contribution in [2.45, 2.75) is 44.4 Å². The molecule has 0 bridgehead atoms. The highest BCUT2D eigenvalue weighted by atomic mass is 16.5. The minimum Gasteiger partial charge on any atom is -0.493 e. The first-order valence-electron chi connectivity index (χ1n) is 11.4. The number of benzene rings is 2. The normalized spacial score (nSPS) is 26.7. The summed E-state index contributed by atoms with van der Waals surface area (Å²) in [6, 6.07) is 14.8. The van der Waals surface area contributed by atoms with Gasteiger partial charge in [0, 0.05) is 17.5 Å². The van der Waals surface area contributed by atoms with Crippen molar-refractivity contribution in [2.75, 3.05) is 33.9 Å². The molecule has 0 aromatic heterocycles. The summed E-state index contributed by atoms with van der Waals surface area (Å²) < 4.78 is 17.7. The molecule has 6 heteroatoms. The van der Waals surface area contributed by atoms with Crippen LogP contribution in [0.5, 0.6) is 17.2 Å². The Bertz CT molecular complexity index is 982. The van der Waals surface area contributed by atoms with E-state index in [9.17, 15) is 0 Å². The third-order valence-corrected chi connectivity index (χ3v) is 6.96. The Morgan fingerprint density at radius 2 is 1.87 bits per heavy atom. The molecule has 5 rings (SSSR count). The zero-order valence-corrected chi connectivity index (χ0v) is 18.7. The molecule has 1 saturated heterocycles. The van der Waals surface area contributed by atoms with E-state index in [4.69, 9.17) is 19.3 Å². The number of methoxy groups -OCH3 is 2. The molecule has 3 aliphatic heterocycles. The van der Waals surface area contributed by atoms with Crippen molar-refractivity contribution in [1.29, 1.82) is 0 Å². The molecule has 1 spiro atoms. The van der Waals surface area contributed by atoms with E-state index in [0.29, 0.717) is 0 Å². The van der Waals surface area contributed by atoms with Crippen LogP contribution in [-0.4, -0.2) is 50.3 Å². The smallest absolute Gasteiger partial charge is 0.208 e. The molecular weight excluding hydrogens is 390 g/mol. The lowest BCUT2D eigenvalue weighted by Gasteiger charge is -2.50. The van der Waals surface area contributed by atoms with E-state index in [1.165, 1.54) is 18.5 Å². The predicted octanol–water partition coefficient (Wildman–Crippen LogP) is 3.03. The summed E-state index contributed by atoms with van der Waals surface area (Å²) in [5.74, 6) is 2.49. The van der Waals surface area contributed by atoms with E-state index in [0.717, 1.165) is 60.9 Å². The predicted molar refractivity (Wildman–Crippen MR) is 120 cm³/mol. The molecule has 3 aliphatic rings. The Labute approximate surface area is 184 Å². The van der Waals surface area contributed by atoms with Crippen LogP contribution in [0, 0.1) is 0 Å². The lowest BCUT2D eigenvalue weighted by atomic mass is 9.90. The first kappa shape index (κ1) is 20.2. The van der Waals surface area contributed by atoms with E-state index in [2.05, 4.69) is 42.3 Å². The maximum absolute atomic E-state index is 6.73. The van der Waals surface area contributed by atoms with Crippen LogP contribution >= 0.6 is 0 Å². The van der Waals surface area contributed by atoms with E-state index in [-0.39, 0.29) is 11.8 Å². The molecule has 2 aromatic rings. The quantitative estimate of drug-likeness (QED) is 0.805. The molecule has 31 heavy (non-hydrogen) atoms. The highest BCUT2D eigenvalue weighted by Gasteiger charge is 2.52. The summed E-state index contributed by atoms with van der Waals surface area (Å²) in [5.41, 5.74) is 3.03. The Hall–Kier alpha value is -2.73. The standard InChI is InChI=1S/C25H31N3O3/c1-4-13-27-14-11-25(12-15-27)28-21(19-7-5-6-8-22(19)31-25)17-20(26-28)18-9-10-23(29-2)24(16-18)30-3/h5-10,16,21H,4,11-15,17H2,1-3H3/p+1/t21-/m0/s1. The molecule has 0 radical (unpaired) electrons. The molecule has 1 fully saturated rings. The topological polar surface area (TPSA) is 47.7 Å². The average Bonchev–Trinajstić information content (AvgIpc) is 3.27. The summed E-state index contributed by atoms with van der Waals surface area (Å²) in [6.07, 6.45) is 4.08. The van der Waals surface area contributed by atoms with E-state index < -0.39 is 0 Å². The molecule has 164 valence electrons. The summed E-state index contributed by atoms with van der Waals surface area (Å²) in [4.78, 5) is 1.68. The molecule has 0 saturated carbocycles. The van der Waals surface area contributed by atoms with Crippen molar-refractivity contribution < 1.29 is 19.1 Å². The molecule has 3 heterocycles. The van der Waals surface area contributed by atoms with Crippen LogP contribution in [0.25, 0.3) is 0 Å². The Balaban J connectivity index is 1.51. The number of para-hydroxylation sites is 1. The summed E-state index contributed by atoms with van der Waals surface area (Å²) >= 11 is 0. The van der Waals surface area contributed by atoms with Crippen LogP contribution in [0.2, 0.25) is 0 Å². The number of quaternary nitrogens is 1. The highest BCUT2D eigenvalue weighted by Crippen LogP contribution is 2.49. The van der Waals surface area contributed by atoms with Crippen molar-refractivity contribution in [1.82, 2.24) is 5.01 Å². The Kier molecular flexibility index (Phi) is 5.26. The number of nitrogens with one attached hydrogen (secondary N) is 1. The van der Waals surface area contributed by atoms with Gasteiger partial charge in [0.05, 0.1) is 58.4 Å². The molecule has 6 nitrogen and oxygen atoms in total. The number of nitrogens with zero attached hydrogens (tertiary/aromatic N) is 2. The molecule has 0 unspecified atom stereocenters. The van der Waals surface area contributed by atoms with Crippen molar-refractivity contribution in [3.63, 3.8) is 0 Å². The number of hydrogen-bond acceptors (Lipinski definition) is 5. The van der Waals surface area contributed by atoms with Gasteiger partial charge in [-0.05, 0) is 30.7 Å². The van der Waals surface area contributed by atoms with Gasteiger partial charge in [-0.1, -0.05) is 25.1 Å². The van der Waals surface area contributed by atoms with E-state index in [1.54, 1.807) is 19.1 Å². The number of hydrazone groups is 1. The van der Waals surface area contributed by atoms with Crippen LogP contribution in [0.4, 0.5) is 0 Å². The number of likely N-dealkylation sites (tertiary alicyclic amines) is 1. The number of piperidine rings is 1. The van der Waals surface area contributed by atoms with E-state index >= 15 is 0 Å². The lowest BCUT2D eigenvalue weighted by Crippen LogP contribution is -3.14. The van der Waals surface area contributed by atoms with E-state index in [1.807, 2.05) is 12.1 Å². The van der Waals surface area contributed by atoms with Gasteiger partial charge in [0.1, 0.15) is 5.75 Å². The van der Waals surface area contributed by atoms with Crippen LogP contribution in [0.15, 0.2) is 47.6 Å². The molecule has 1 N–H and O–H groups in total. The monoisotopic (exact) mass is 422 g/mol. The highest BCUT2D eigenvalue weighted by molar-refractivity contribution is 6.02. The largest absolute Gasteiger partial charge is 0.493 e. The lowest BCUT2D eigenvalue weighted by molar-refractivity contribution is -0.908. The fourth-order valence-electron chi connectivity index (χ4n) is 5.35. The fraction of sp³-hybridized carbons (Fsp3) is 0.480. The third-order valence-electron chi connectivity index (χ3n) is 6.96. The van der Waals surface area contributed by atoms with Gasteiger partial charge in [-0.15, -0.1) is 0 Å². The van der Waals surface area contributed by atoms with Crippen LogP contribution in [-0.2, 0) is 0 Å². The summed E-state index contributed by atoms with van der Waals surface area (Å²) in [6.45, 7) is 5.75. The SMILES string of the molecule is CCC[NH+]1CCC2(CC1)Oc1ccccc1[C@@H]1CC(c3ccc(OC)c(OC)c3)=NN12. The first-order chi connectivity index (χ1) is 15.2. The van der Waals surface area contributed by atoms with Gasteiger partial charge in [0.25, 0.3) is 0 Å². The summed E-state index contributed by atoms with van der Waals surface area (Å²) in [5, 5.41) is 7.46. The van der Waals surface area contributed by atoms with Crippen molar-refractivity contribution >= 4 is 5.71 Å². The molecule has 0 aliphatic carbocycles. The minimum atomic E-state index is -0.353. The molecule has 2 aromatic carbocycles. The molecule has 0 amide bonds. The van der Waals surface area contributed by atoms with Gasteiger partial charge >= 0.3 is 0 Å². The third kappa shape index (κ3) is 3.43. The average molecular weight is 423 g/mol. The van der Waals surface area contributed by atoms with Crippen LogP contribution < -0.4 is 19.1 Å². The maximum atomic E-state index is 6.73. The second-order valence-electron chi connectivity index (χ2n) is 8.77. The maximum Gasteiger partial charge on any atom is 0.208 e. The van der Waals surface area contributed by atoms with Gasteiger partial charge in [0.2, 0.25) is 5.72 Å². The van der Waals surface area contributed by atoms with Crippen LogP contribution in [0.1, 0.15) is 49.8 Å². The van der Waals surface area contributed by atoms with Gasteiger partial charge in [0.15, 0.2) is 11.5 Å². The molecule has 1 atom stereocenters. The Morgan fingerprint density at radius 1 is 1.10 bits per heavy atom. The van der Waals surface area contributed by atoms with Gasteiger partial charge in [-0.25, -0.2) is 5.01 Å². The fourth-order valence-corrected chi connectivity index (χ4v) is 5.35. The van der Waals surface area contributed by atoms with Crippen LogP contribution in [0.3, 0.4) is 0 Å². The van der Waals surface area contributed by atoms with Gasteiger partial charge in [-0.3, -0.25) is 0 Å². The number of rotatable bonds is 5. The van der Waals surface area contributed by atoms with Crippen molar-refractivity contribution in [2.24, 2.45) is 5.10 Å². The zero-order chi connectivity index (χ0) is 21.4. The van der Waals surface area contributed by atoms with Crippen molar-refractivity contribution in [3.8, 4) is 17.2 Å². The number of hydrogen-bond donors (Lipinski definition) is 1.